The van der Waals surface area contributed by atoms with Gasteiger partial charge < -0.3 is 0 Å². The third-order valence-electron chi connectivity index (χ3n) is 3.27. The van der Waals surface area contributed by atoms with Gasteiger partial charge in [0, 0.05) is 12.4 Å². The molecule has 0 aliphatic rings. The minimum Gasteiger partial charge on any atom is -0.241 e. The third-order valence-corrected chi connectivity index (χ3v) is 3.27. The summed E-state index contributed by atoms with van der Waals surface area (Å²) in [6.45, 7) is 6.77. The Bertz CT molecular complexity index is 455. The van der Waals surface area contributed by atoms with Crippen molar-refractivity contribution < 1.29 is 0 Å². The second-order valence-corrected chi connectivity index (χ2v) is 4.71. The molecular weight excluding hydrogens is 196 g/mol. The molecule has 0 bridgehead atoms. The molecule has 0 saturated heterocycles. The second kappa shape index (κ2) is 4.12. The van der Waals surface area contributed by atoms with E-state index in [4.69, 9.17) is 0 Å². The van der Waals surface area contributed by atoms with Crippen molar-refractivity contribution in [2.45, 2.75) is 32.6 Å². The van der Waals surface area contributed by atoms with Gasteiger partial charge in [0.2, 0.25) is 0 Å². The first-order valence-corrected chi connectivity index (χ1v) is 5.74. The summed E-state index contributed by atoms with van der Waals surface area (Å²) in [5, 5.41) is 4.31. The van der Waals surface area contributed by atoms with Gasteiger partial charge in [0.25, 0.3) is 0 Å². The Hall–Kier alpha value is -1.57. The molecule has 0 N–H and O–H groups in total. The van der Waals surface area contributed by atoms with Crippen molar-refractivity contribution >= 4 is 0 Å². The number of benzene rings is 1. The van der Waals surface area contributed by atoms with Crippen LogP contribution in [-0.2, 0) is 5.41 Å². The third kappa shape index (κ3) is 1.87. The van der Waals surface area contributed by atoms with Crippen molar-refractivity contribution in [1.82, 2.24) is 9.78 Å². The fourth-order valence-electron chi connectivity index (χ4n) is 1.85. The molecule has 0 fully saturated rings. The summed E-state index contributed by atoms with van der Waals surface area (Å²) in [5.41, 5.74) is 2.71. The predicted molar refractivity (Wildman–Crippen MR) is 66.9 cm³/mol. The maximum absolute atomic E-state index is 4.31. The maximum atomic E-state index is 4.31. The molecule has 2 heteroatoms. The topological polar surface area (TPSA) is 17.8 Å². The zero-order valence-corrected chi connectivity index (χ0v) is 10.1. The van der Waals surface area contributed by atoms with Gasteiger partial charge in [-0.25, -0.2) is 4.68 Å². The van der Waals surface area contributed by atoms with Gasteiger partial charge in [0.05, 0.1) is 5.69 Å². The normalized spacial score (nSPS) is 11.7. The Kier molecular flexibility index (Phi) is 2.82. The molecule has 2 rings (SSSR count). The molecule has 1 aromatic carbocycles. The molecule has 0 aliphatic heterocycles. The van der Waals surface area contributed by atoms with Crippen molar-refractivity contribution in [3.05, 3.63) is 48.3 Å². The molecule has 0 atom stereocenters. The highest BCUT2D eigenvalue weighted by atomic mass is 15.3. The van der Waals surface area contributed by atoms with E-state index in [2.05, 4.69) is 50.1 Å². The van der Waals surface area contributed by atoms with Gasteiger partial charge in [0.1, 0.15) is 0 Å². The zero-order valence-electron chi connectivity index (χ0n) is 10.1. The largest absolute Gasteiger partial charge is 0.241 e. The van der Waals surface area contributed by atoms with Crippen LogP contribution in [0.3, 0.4) is 0 Å². The van der Waals surface area contributed by atoms with E-state index in [0.717, 1.165) is 6.42 Å². The monoisotopic (exact) mass is 214 g/mol. The molecule has 0 amide bonds. The van der Waals surface area contributed by atoms with Crippen molar-refractivity contribution in [2.24, 2.45) is 0 Å². The minimum absolute atomic E-state index is 0.183. The van der Waals surface area contributed by atoms with Crippen LogP contribution in [0.15, 0.2) is 42.7 Å². The van der Waals surface area contributed by atoms with Gasteiger partial charge in [-0.3, -0.25) is 0 Å². The molecule has 0 radical (unpaired) electrons. The molecule has 0 saturated carbocycles. The first-order chi connectivity index (χ1) is 7.65. The molecule has 1 heterocycles. The van der Waals surface area contributed by atoms with Crippen LogP contribution in [0.4, 0.5) is 0 Å². The molecule has 84 valence electrons. The number of hydrogen-bond donors (Lipinski definition) is 0. The van der Waals surface area contributed by atoms with Crippen molar-refractivity contribution in [3.8, 4) is 5.69 Å². The molecule has 0 aliphatic carbocycles. The fourth-order valence-corrected chi connectivity index (χ4v) is 1.85. The lowest BCUT2D eigenvalue weighted by Crippen LogP contribution is -2.18. The number of nitrogens with zero attached hydrogens (tertiary/aromatic N) is 2. The lowest BCUT2D eigenvalue weighted by molar-refractivity contribution is 0.502. The predicted octanol–water partition coefficient (Wildman–Crippen LogP) is 3.56. The first-order valence-electron chi connectivity index (χ1n) is 5.74. The van der Waals surface area contributed by atoms with Crippen LogP contribution in [-0.4, -0.2) is 9.78 Å². The van der Waals surface area contributed by atoms with E-state index < -0.39 is 0 Å². The van der Waals surface area contributed by atoms with Gasteiger partial charge in [-0.2, -0.15) is 5.10 Å². The van der Waals surface area contributed by atoms with Crippen LogP contribution in [0.25, 0.3) is 5.69 Å². The van der Waals surface area contributed by atoms with Crippen molar-refractivity contribution in [2.75, 3.05) is 0 Å². The average Bonchev–Trinajstić information content (AvgIpc) is 2.82. The number of hydrogen-bond acceptors (Lipinski definition) is 1. The Morgan fingerprint density at radius 3 is 2.56 bits per heavy atom. The minimum atomic E-state index is 0.183. The Morgan fingerprint density at radius 1 is 1.19 bits per heavy atom. The number of rotatable bonds is 3. The van der Waals surface area contributed by atoms with Crippen LogP contribution in [0.5, 0.6) is 0 Å². The van der Waals surface area contributed by atoms with Gasteiger partial charge in [0.15, 0.2) is 0 Å². The fraction of sp³-hybridized carbons (Fsp3) is 0.357. The number of para-hydroxylation sites is 1. The smallest absolute Gasteiger partial charge is 0.0682 e. The van der Waals surface area contributed by atoms with Crippen LogP contribution in [0.1, 0.15) is 32.8 Å². The summed E-state index contributed by atoms with van der Waals surface area (Å²) in [4.78, 5) is 0. The quantitative estimate of drug-likeness (QED) is 0.764. The summed E-state index contributed by atoms with van der Waals surface area (Å²) in [6.07, 6.45) is 4.92. The summed E-state index contributed by atoms with van der Waals surface area (Å²) >= 11 is 0. The highest BCUT2D eigenvalue weighted by Gasteiger charge is 2.21. The Balaban J connectivity index is 2.55. The second-order valence-electron chi connectivity index (χ2n) is 4.71. The molecule has 16 heavy (non-hydrogen) atoms. The van der Waals surface area contributed by atoms with E-state index in [1.54, 1.807) is 0 Å². The highest BCUT2D eigenvalue weighted by Crippen LogP contribution is 2.31. The van der Waals surface area contributed by atoms with Gasteiger partial charge in [-0.1, -0.05) is 39.0 Å². The number of aromatic nitrogens is 2. The van der Waals surface area contributed by atoms with E-state index in [-0.39, 0.29) is 5.41 Å². The van der Waals surface area contributed by atoms with Gasteiger partial charge >= 0.3 is 0 Å². The lowest BCUT2D eigenvalue weighted by Gasteiger charge is -2.26. The zero-order chi connectivity index (χ0) is 11.6. The first kappa shape index (κ1) is 10.9. The molecule has 2 nitrogen and oxygen atoms in total. The average molecular weight is 214 g/mol. The summed E-state index contributed by atoms with van der Waals surface area (Å²) in [5.74, 6) is 0. The van der Waals surface area contributed by atoms with Crippen LogP contribution >= 0.6 is 0 Å². The standard InChI is InChI=1S/C14H18N2/c1-4-14(2,3)12-8-5-6-9-13(12)16-11-7-10-15-16/h5-11H,4H2,1-3H3. The molecule has 0 spiro atoms. The van der Waals surface area contributed by atoms with Crippen LogP contribution in [0, 0.1) is 0 Å². The molecular formula is C14H18N2. The van der Waals surface area contributed by atoms with Crippen molar-refractivity contribution in [3.63, 3.8) is 0 Å². The highest BCUT2D eigenvalue weighted by molar-refractivity contribution is 5.44. The van der Waals surface area contributed by atoms with Crippen LogP contribution < -0.4 is 0 Å². The van der Waals surface area contributed by atoms with Crippen molar-refractivity contribution in [1.29, 1.82) is 0 Å². The van der Waals surface area contributed by atoms with E-state index in [1.807, 2.05) is 23.1 Å². The van der Waals surface area contributed by atoms with E-state index in [0.29, 0.717) is 0 Å². The lowest BCUT2D eigenvalue weighted by atomic mass is 9.81. The van der Waals surface area contributed by atoms with E-state index >= 15 is 0 Å². The molecule has 0 unspecified atom stereocenters. The summed E-state index contributed by atoms with van der Waals surface area (Å²) in [7, 11) is 0. The Morgan fingerprint density at radius 2 is 1.94 bits per heavy atom. The molecule has 1 aromatic heterocycles. The maximum Gasteiger partial charge on any atom is 0.0682 e. The van der Waals surface area contributed by atoms with Crippen LogP contribution in [0.2, 0.25) is 0 Å². The van der Waals surface area contributed by atoms with Gasteiger partial charge in [-0.15, -0.1) is 0 Å². The van der Waals surface area contributed by atoms with E-state index in [1.165, 1.54) is 11.3 Å². The SMILES string of the molecule is CCC(C)(C)c1ccccc1-n1cccn1. The summed E-state index contributed by atoms with van der Waals surface area (Å²) < 4.78 is 1.94. The summed E-state index contributed by atoms with van der Waals surface area (Å²) in [6, 6.07) is 10.4. The van der Waals surface area contributed by atoms with Gasteiger partial charge in [-0.05, 0) is 29.5 Å². The van der Waals surface area contributed by atoms with E-state index in [9.17, 15) is 0 Å². The Labute approximate surface area is 96.9 Å². The molecule has 2 aromatic rings.